The Morgan fingerprint density at radius 2 is 2.19 bits per heavy atom. The van der Waals surface area contributed by atoms with Gasteiger partial charge in [-0.3, -0.25) is 9.69 Å². The molecular weight excluding hydrogens is 370 g/mol. The zero-order chi connectivity index (χ0) is 15.6. The van der Waals surface area contributed by atoms with E-state index in [0.29, 0.717) is 23.2 Å². The number of methoxy groups -OCH3 is 1. The highest BCUT2D eigenvalue weighted by molar-refractivity contribution is 9.10. The van der Waals surface area contributed by atoms with Crippen LogP contribution >= 0.6 is 39.9 Å². The minimum absolute atomic E-state index is 0.114. The van der Waals surface area contributed by atoms with E-state index in [0.717, 1.165) is 15.8 Å². The summed E-state index contributed by atoms with van der Waals surface area (Å²) in [5, 5.41) is -0.114. The fourth-order valence-electron chi connectivity index (χ4n) is 2.21. The molecule has 0 N–H and O–H groups in total. The second-order valence-corrected chi connectivity index (χ2v) is 8.08. The zero-order valence-electron chi connectivity index (χ0n) is 12.3. The van der Waals surface area contributed by atoms with Gasteiger partial charge < -0.3 is 4.74 Å². The molecule has 3 nitrogen and oxygen atoms in total. The van der Waals surface area contributed by atoms with Gasteiger partial charge in [-0.2, -0.15) is 0 Å². The summed E-state index contributed by atoms with van der Waals surface area (Å²) in [6.07, 6.45) is 0.681. The van der Waals surface area contributed by atoms with Crippen molar-refractivity contribution in [3.05, 3.63) is 28.2 Å². The largest absolute Gasteiger partial charge is 0.496 e. The summed E-state index contributed by atoms with van der Waals surface area (Å²) in [7, 11) is 1.64. The molecule has 1 atom stereocenters. The third kappa shape index (κ3) is 3.99. The van der Waals surface area contributed by atoms with Crippen LogP contribution in [0.25, 0.3) is 0 Å². The first kappa shape index (κ1) is 16.8. The number of rotatable bonds is 5. The predicted molar refractivity (Wildman–Crippen MR) is 94.9 cm³/mol. The van der Waals surface area contributed by atoms with Crippen molar-refractivity contribution in [1.82, 2.24) is 4.90 Å². The Kier molecular flexibility index (Phi) is 5.68. The quantitative estimate of drug-likeness (QED) is 0.716. The van der Waals surface area contributed by atoms with Gasteiger partial charge in [-0.15, -0.1) is 0 Å². The molecule has 0 bridgehead atoms. The average Bonchev–Trinajstić information content (AvgIpc) is 2.66. The van der Waals surface area contributed by atoms with Crippen LogP contribution in [0.3, 0.4) is 0 Å². The van der Waals surface area contributed by atoms with Crippen molar-refractivity contribution >= 4 is 50.1 Å². The third-order valence-electron chi connectivity index (χ3n) is 3.19. The first-order valence-electron chi connectivity index (χ1n) is 6.76. The Bertz CT molecular complexity index is 563. The molecule has 0 saturated carbocycles. The van der Waals surface area contributed by atoms with Gasteiger partial charge in [-0.25, -0.2) is 0 Å². The van der Waals surface area contributed by atoms with Crippen molar-refractivity contribution in [2.24, 2.45) is 5.92 Å². The van der Waals surface area contributed by atoms with E-state index >= 15 is 0 Å². The minimum atomic E-state index is -0.114. The van der Waals surface area contributed by atoms with Gasteiger partial charge in [0, 0.05) is 6.54 Å². The van der Waals surface area contributed by atoms with Crippen LogP contribution in [0.1, 0.15) is 19.4 Å². The maximum absolute atomic E-state index is 12.4. The standard InChI is InChI=1S/C15H18BrNO2S2/c1-9(2)8-17-14(18)13(21-15(17)20)7-10-4-5-12(19-3)11(16)6-10/h4-6,9,13H,7-8H2,1-3H3/t13-/m0/s1. The molecule has 1 aromatic rings. The lowest BCUT2D eigenvalue weighted by Crippen LogP contribution is -2.34. The topological polar surface area (TPSA) is 29.5 Å². The molecule has 1 saturated heterocycles. The first-order valence-corrected chi connectivity index (χ1v) is 8.85. The zero-order valence-corrected chi connectivity index (χ0v) is 15.5. The molecule has 1 aliphatic rings. The Balaban J connectivity index is 2.08. The summed E-state index contributed by atoms with van der Waals surface area (Å²) < 4.78 is 6.82. The molecule has 1 amide bonds. The highest BCUT2D eigenvalue weighted by Gasteiger charge is 2.36. The average molecular weight is 388 g/mol. The molecule has 1 fully saturated rings. The Morgan fingerprint density at radius 1 is 1.48 bits per heavy atom. The predicted octanol–water partition coefficient (Wildman–Crippen LogP) is 3.89. The van der Waals surface area contributed by atoms with Gasteiger partial charge in [0.2, 0.25) is 5.91 Å². The van der Waals surface area contributed by atoms with Gasteiger partial charge in [-0.1, -0.05) is 43.9 Å². The second-order valence-electron chi connectivity index (χ2n) is 5.39. The summed E-state index contributed by atoms with van der Waals surface area (Å²) in [5.74, 6) is 1.34. The molecule has 1 heterocycles. The summed E-state index contributed by atoms with van der Waals surface area (Å²) in [6, 6.07) is 5.90. The van der Waals surface area contributed by atoms with Crippen LogP contribution in [-0.2, 0) is 11.2 Å². The monoisotopic (exact) mass is 387 g/mol. The number of halogens is 1. The summed E-state index contributed by atoms with van der Waals surface area (Å²) in [6.45, 7) is 4.89. The number of amides is 1. The van der Waals surface area contributed by atoms with Gasteiger partial charge in [-0.05, 0) is 46.0 Å². The number of nitrogens with zero attached hydrogens (tertiary/aromatic N) is 1. The lowest BCUT2D eigenvalue weighted by molar-refractivity contribution is -0.126. The van der Waals surface area contributed by atoms with E-state index < -0.39 is 0 Å². The van der Waals surface area contributed by atoms with E-state index in [4.69, 9.17) is 17.0 Å². The molecule has 0 aliphatic carbocycles. The van der Waals surface area contributed by atoms with Crippen LogP contribution in [0, 0.1) is 5.92 Å². The van der Waals surface area contributed by atoms with Crippen LogP contribution in [0.4, 0.5) is 0 Å². The Morgan fingerprint density at radius 3 is 2.76 bits per heavy atom. The first-order chi connectivity index (χ1) is 9.92. The fourth-order valence-corrected chi connectivity index (χ4v) is 4.35. The summed E-state index contributed by atoms with van der Waals surface area (Å²) in [5.41, 5.74) is 1.10. The van der Waals surface area contributed by atoms with Gasteiger partial charge in [0.1, 0.15) is 10.1 Å². The molecule has 0 unspecified atom stereocenters. The third-order valence-corrected chi connectivity index (χ3v) is 5.39. The van der Waals surface area contributed by atoms with Crippen molar-refractivity contribution < 1.29 is 9.53 Å². The molecular formula is C15H18BrNO2S2. The van der Waals surface area contributed by atoms with Gasteiger partial charge in [0.05, 0.1) is 16.8 Å². The highest BCUT2D eigenvalue weighted by Crippen LogP contribution is 2.32. The van der Waals surface area contributed by atoms with Crippen LogP contribution in [0.15, 0.2) is 22.7 Å². The normalized spacial score (nSPS) is 18.7. The van der Waals surface area contributed by atoms with Crippen molar-refractivity contribution in [2.75, 3.05) is 13.7 Å². The number of thioether (sulfide) groups is 1. The van der Waals surface area contributed by atoms with E-state index in [-0.39, 0.29) is 11.2 Å². The van der Waals surface area contributed by atoms with Gasteiger partial charge in [0.15, 0.2) is 0 Å². The lowest BCUT2D eigenvalue weighted by atomic mass is 10.1. The van der Waals surface area contributed by atoms with Crippen molar-refractivity contribution in [3.63, 3.8) is 0 Å². The molecule has 0 radical (unpaired) electrons. The van der Waals surface area contributed by atoms with E-state index in [9.17, 15) is 4.79 Å². The Hall–Kier alpha value is -0.590. The van der Waals surface area contributed by atoms with Crippen molar-refractivity contribution in [3.8, 4) is 5.75 Å². The molecule has 2 rings (SSSR count). The molecule has 1 aromatic carbocycles. The van der Waals surface area contributed by atoms with Crippen molar-refractivity contribution in [2.45, 2.75) is 25.5 Å². The summed E-state index contributed by atoms with van der Waals surface area (Å²) in [4.78, 5) is 14.2. The van der Waals surface area contributed by atoms with E-state index in [2.05, 4.69) is 29.8 Å². The Labute approximate surface area is 143 Å². The van der Waals surface area contributed by atoms with Crippen molar-refractivity contribution in [1.29, 1.82) is 0 Å². The second kappa shape index (κ2) is 7.11. The number of hydrogen-bond donors (Lipinski definition) is 0. The van der Waals surface area contributed by atoms with E-state index in [1.165, 1.54) is 11.8 Å². The fraction of sp³-hybridized carbons (Fsp3) is 0.467. The maximum Gasteiger partial charge on any atom is 0.241 e. The molecule has 21 heavy (non-hydrogen) atoms. The molecule has 0 aromatic heterocycles. The van der Waals surface area contributed by atoms with Crippen LogP contribution < -0.4 is 4.74 Å². The number of carbonyl (C=O) groups is 1. The maximum atomic E-state index is 12.4. The molecule has 0 spiro atoms. The number of carbonyl (C=O) groups excluding carboxylic acids is 1. The summed E-state index contributed by atoms with van der Waals surface area (Å²) >= 11 is 10.3. The van der Waals surface area contributed by atoms with E-state index in [1.54, 1.807) is 12.0 Å². The molecule has 114 valence electrons. The number of ether oxygens (including phenoxy) is 1. The SMILES string of the molecule is COc1ccc(C[C@@H]2SC(=S)N(CC(C)C)C2=O)cc1Br. The van der Waals surface area contributed by atoms with Crippen LogP contribution in [-0.4, -0.2) is 34.0 Å². The van der Waals surface area contributed by atoms with Crippen LogP contribution in [0.5, 0.6) is 5.75 Å². The lowest BCUT2D eigenvalue weighted by Gasteiger charge is -2.17. The highest BCUT2D eigenvalue weighted by atomic mass is 79.9. The molecule has 6 heteroatoms. The number of hydrogen-bond acceptors (Lipinski definition) is 4. The van der Waals surface area contributed by atoms with Crippen LogP contribution in [0.2, 0.25) is 0 Å². The minimum Gasteiger partial charge on any atom is -0.496 e. The van der Waals surface area contributed by atoms with Gasteiger partial charge in [0.25, 0.3) is 0 Å². The van der Waals surface area contributed by atoms with Gasteiger partial charge >= 0.3 is 0 Å². The number of benzene rings is 1. The molecule has 1 aliphatic heterocycles. The number of thiocarbonyl (C=S) groups is 1. The smallest absolute Gasteiger partial charge is 0.241 e. The van der Waals surface area contributed by atoms with E-state index in [1.807, 2.05) is 18.2 Å².